The molecule has 10 nitrogen and oxygen atoms in total. The van der Waals surface area contributed by atoms with Gasteiger partial charge in [0.2, 0.25) is 0 Å². The molecule has 0 aliphatic rings. The Balaban J connectivity index is 1.62. The number of aromatic nitrogens is 6. The van der Waals surface area contributed by atoms with E-state index in [0.717, 1.165) is 12.4 Å². The van der Waals surface area contributed by atoms with Crippen molar-refractivity contribution in [3.63, 3.8) is 0 Å². The van der Waals surface area contributed by atoms with Crippen LogP contribution in [-0.2, 0) is 0 Å². The molecule has 4 aromatic heterocycles. The Labute approximate surface area is 201 Å². The molecule has 4 heterocycles. The van der Waals surface area contributed by atoms with E-state index in [0.29, 0.717) is 15.4 Å². The number of hydrogen-bond donors (Lipinski definition) is 3. The van der Waals surface area contributed by atoms with Crippen molar-refractivity contribution in [3.05, 3.63) is 71.7 Å². The summed E-state index contributed by atoms with van der Waals surface area (Å²) < 4.78 is 43.2. The lowest BCUT2D eigenvalue weighted by atomic mass is 9.92. The fraction of sp³-hybridized carbons (Fsp3) is 0.286. The van der Waals surface area contributed by atoms with Gasteiger partial charge in [-0.1, -0.05) is 11.6 Å². The molecule has 4 aromatic rings. The third-order valence-electron chi connectivity index (χ3n) is 5.22. The zero-order valence-corrected chi connectivity index (χ0v) is 18.9. The average molecular weight is 509 g/mol. The van der Waals surface area contributed by atoms with Gasteiger partial charge in [0, 0.05) is 25.0 Å². The van der Waals surface area contributed by atoms with Gasteiger partial charge < -0.3 is 15.7 Å². The molecule has 0 spiro atoms. The first-order chi connectivity index (χ1) is 16.7. The largest absolute Gasteiger partial charge is 0.385 e. The third kappa shape index (κ3) is 5.35. The molecule has 0 aliphatic heterocycles. The van der Waals surface area contributed by atoms with Crippen LogP contribution < -0.4 is 10.6 Å². The molecule has 0 radical (unpaired) electrons. The number of fused-ring (bicyclic) bond motifs is 1. The Morgan fingerprint density at radius 2 is 2.03 bits per heavy atom. The van der Waals surface area contributed by atoms with Crippen LogP contribution in [0.3, 0.4) is 0 Å². The standard InChI is InChI=1S/C21H20ClF3N8O2/c1-21(35,11-28-14-8-29-32(10-14)20(24)25)18(23)17(31-19(34)12-3-2-4-26-6-12)15-9-27-16-5-13(22)7-30-33(15)16/h2-10,17-18,20,28,35H,11H2,1H3,(H,31,34)/t17-,18-,21-/m1/s1. The highest BCUT2D eigenvalue weighted by molar-refractivity contribution is 6.30. The van der Waals surface area contributed by atoms with E-state index in [-0.39, 0.29) is 16.9 Å². The summed E-state index contributed by atoms with van der Waals surface area (Å²) in [7, 11) is 0. The number of nitrogens with one attached hydrogen (secondary N) is 2. The van der Waals surface area contributed by atoms with Crippen molar-refractivity contribution in [2.45, 2.75) is 31.3 Å². The Morgan fingerprint density at radius 1 is 1.23 bits per heavy atom. The molecule has 184 valence electrons. The number of imidazole rings is 1. The highest BCUT2D eigenvalue weighted by atomic mass is 35.5. The maximum absolute atomic E-state index is 16.0. The normalized spacial score (nSPS) is 15.1. The van der Waals surface area contributed by atoms with Crippen molar-refractivity contribution in [2.24, 2.45) is 0 Å². The van der Waals surface area contributed by atoms with Crippen molar-refractivity contribution < 1.29 is 23.1 Å². The van der Waals surface area contributed by atoms with E-state index in [2.05, 4.69) is 30.8 Å². The van der Waals surface area contributed by atoms with Crippen molar-refractivity contribution in [1.82, 2.24) is 34.7 Å². The van der Waals surface area contributed by atoms with Crippen LogP contribution in [0.2, 0.25) is 5.02 Å². The number of halogens is 4. The lowest BCUT2D eigenvalue weighted by Gasteiger charge is -2.33. The SMILES string of the molecule is C[C@@](O)(CNc1cnn(C(F)F)c1)[C@H](F)[C@H](NC(=O)c1cccnc1)c1cnc2cc(Cl)cnn12. The van der Waals surface area contributed by atoms with Crippen LogP contribution in [0.25, 0.3) is 5.65 Å². The summed E-state index contributed by atoms with van der Waals surface area (Å²) in [6.45, 7) is -2.03. The minimum Gasteiger partial charge on any atom is -0.385 e. The molecule has 4 rings (SSSR count). The van der Waals surface area contributed by atoms with Gasteiger partial charge in [0.15, 0.2) is 11.8 Å². The van der Waals surface area contributed by atoms with E-state index in [4.69, 9.17) is 11.6 Å². The zero-order valence-electron chi connectivity index (χ0n) is 18.2. The zero-order chi connectivity index (χ0) is 25.2. The predicted octanol–water partition coefficient (Wildman–Crippen LogP) is 3.04. The van der Waals surface area contributed by atoms with Gasteiger partial charge in [-0.05, 0) is 19.1 Å². The Hall–Kier alpha value is -3.71. The lowest BCUT2D eigenvalue weighted by Crippen LogP contribution is -2.50. The summed E-state index contributed by atoms with van der Waals surface area (Å²) in [6.07, 6.45) is 5.48. The van der Waals surface area contributed by atoms with Crippen LogP contribution in [0.4, 0.5) is 18.9 Å². The number of rotatable bonds is 9. The fourth-order valence-electron chi connectivity index (χ4n) is 3.38. The molecule has 0 aromatic carbocycles. The van der Waals surface area contributed by atoms with Crippen LogP contribution >= 0.6 is 11.6 Å². The molecule has 3 atom stereocenters. The minimum absolute atomic E-state index is 0.146. The minimum atomic E-state index is -2.84. The first-order valence-corrected chi connectivity index (χ1v) is 10.7. The topological polar surface area (TPSA) is 122 Å². The van der Waals surface area contributed by atoms with Crippen molar-refractivity contribution in [1.29, 1.82) is 0 Å². The molecule has 14 heteroatoms. The second kappa shape index (κ2) is 9.88. The summed E-state index contributed by atoms with van der Waals surface area (Å²) in [5.41, 5.74) is -1.31. The monoisotopic (exact) mass is 508 g/mol. The molecule has 0 fully saturated rings. The van der Waals surface area contributed by atoms with Gasteiger partial charge in [0.1, 0.15) is 11.6 Å². The highest BCUT2D eigenvalue weighted by Crippen LogP contribution is 2.29. The Bertz CT molecular complexity index is 1310. The Morgan fingerprint density at radius 3 is 2.71 bits per heavy atom. The van der Waals surface area contributed by atoms with Gasteiger partial charge in [0.25, 0.3) is 5.91 Å². The smallest absolute Gasteiger partial charge is 0.333 e. The van der Waals surface area contributed by atoms with Crippen molar-refractivity contribution >= 4 is 28.8 Å². The molecule has 3 N–H and O–H groups in total. The summed E-state index contributed by atoms with van der Waals surface area (Å²) in [4.78, 5) is 20.9. The molecule has 0 unspecified atom stereocenters. The van der Waals surface area contributed by atoms with Crippen molar-refractivity contribution in [3.8, 4) is 0 Å². The van der Waals surface area contributed by atoms with E-state index in [9.17, 15) is 18.7 Å². The molecule has 1 amide bonds. The van der Waals surface area contributed by atoms with Crippen molar-refractivity contribution in [2.75, 3.05) is 11.9 Å². The summed E-state index contributed by atoms with van der Waals surface area (Å²) >= 11 is 5.96. The highest BCUT2D eigenvalue weighted by Gasteiger charge is 2.41. The molecule has 0 saturated heterocycles. The van der Waals surface area contributed by atoms with Crippen LogP contribution in [0, 0.1) is 0 Å². The van der Waals surface area contributed by atoms with Crippen LogP contribution in [0.5, 0.6) is 0 Å². The first kappa shape index (κ1) is 24.4. The van der Waals surface area contributed by atoms with E-state index in [1.165, 1.54) is 48.4 Å². The number of pyridine rings is 1. The van der Waals surface area contributed by atoms with Crippen LogP contribution in [-0.4, -0.2) is 58.7 Å². The number of anilines is 1. The fourth-order valence-corrected chi connectivity index (χ4v) is 3.52. The summed E-state index contributed by atoms with van der Waals surface area (Å²) in [6, 6.07) is 3.14. The number of alkyl halides is 3. The van der Waals surface area contributed by atoms with Crippen LogP contribution in [0.1, 0.15) is 35.6 Å². The lowest BCUT2D eigenvalue weighted by molar-refractivity contribution is -0.0253. The van der Waals surface area contributed by atoms with E-state index < -0.39 is 36.8 Å². The van der Waals surface area contributed by atoms with Crippen LogP contribution in [0.15, 0.2) is 55.4 Å². The number of carbonyl (C=O) groups is 1. The van der Waals surface area contributed by atoms with Gasteiger partial charge in [-0.2, -0.15) is 19.0 Å². The molecule has 0 bridgehead atoms. The van der Waals surface area contributed by atoms with E-state index in [1.807, 2.05) is 0 Å². The second-order valence-electron chi connectivity index (χ2n) is 7.92. The first-order valence-electron chi connectivity index (χ1n) is 10.3. The Kier molecular flexibility index (Phi) is 6.89. The van der Waals surface area contributed by atoms with Gasteiger partial charge in [-0.25, -0.2) is 18.6 Å². The molecule has 0 saturated carbocycles. The number of amides is 1. The van der Waals surface area contributed by atoms with E-state index >= 15 is 4.39 Å². The maximum atomic E-state index is 16.0. The third-order valence-corrected chi connectivity index (χ3v) is 5.43. The number of hydrogen-bond acceptors (Lipinski definition) is 7. The molecular formula is C21H20ClF3N8O2. The number of aliphatic hydroxyl groups is 1. The van der Waals surface area contributed by atoms with E-state index in [1.54, 1.807) is 6.07 Å². The molecule has 35 heavy (non-hydrogen) atoms. The summed E-state index contributed by atoms with van der Waals surface area (Å²) in [5, 5.41) is 24.2. The summed E-state index contributed by atoms with van der Waals surface area (Å²) in [5.74, 6) is -0.642. The van der Waals surface area contributed by atoms with Gasteiger partial charge in [-0.15, -0.1) is 0 Å². The quantitative estimate of drug-likeness (QED) is 0.317. The number of nitrogens with zero attached hydrogens (tertiary/aromatic N) is 6. The number of carbonyl (C=O) groups excluding carboxylic acids is 1. The predicted molar refractivity (Wildman–Crippen MR) is 120 cm³/mol. The van der Waals surface area contributed by atoms with Gasteiger partial charge >= 0.3 is 6.55 Å². The molecule has 0 aliphatic carbocycles. The second-order valence-corrected chi connectivity index (χ2v) is 8.36. The van der Waals surface area contributed by atoms with Gasteiger partial charge in [-0.3, -0.25) is 9.78 Å². The van der Waals surface area contributed by atoms with Gasteiger partial charge in [0.05, 0.1) is 46.8 Å². The average Bonchev–Trinajstić information content (AvgIpc) is 3.48. The molecular weight excluding hydrogens is 489 g/mol. The maximum Gasteiger partial charge on any atom is 0.333 e.